The van der Waals surface area contributed by atoms with E-state index in [1.807, 2.05) is 0 Å². The number of benzene rings is 1. The lowest BCUT2D eigenvalue weighted by Gasteiger charge is -2.17. The number of hydrogen-bond donors (Lipinski definition) is 1. The van der Waals surface area contributed by atoms with Crippen LogP contribution in [0.3, 0.4) is 0 Å². The van der Waals surface area contributed by atoms with Crippen LogP contribution in [0.5, 0.6) is 0 Å². The zero-order valence-corrected chi connectivity index (χ0v) is 12.4. The first-order valence-electron chi connectivity index (χ1n) is 6.16. The molecule has 1 aromatic carbocycles. The summed E-state index contributed by atoms with van der Waals surface area (Å²) in [5, 5.41) is 9.10. The summed E-state index contributed by atoms with van der Waals surface area (Å²) in [6.07, 6.45) is 0. The van der Waals surface area contributed by atoms with E-state index in [9.17, 15) is 13.2 Å². The molecular weight excluding hydrogens is 294 g/mol. The smallest absolute Gasteiger partial charge is 0.337 e. The largest absolute Gasteiger partial charge is 0.478 e. The van der Waals surface area contributed by atoms with Crippen molar-refractivity contribution in [2.24, 2.45) is 0 Å². The lowest BCUT2D eigenvalue weighted by atomic mass is 10.2. The summed E-state index contributed by atoms with van der Waals surface area (Å²) in [5.74, 6) is -0.107. The Morgan fingerprint density at radius 2 is 1.90 bits per heavy atom. The van der Waals surface area contributed by atoms with Crippen molar-refractivity contribution in [2.45, 2.75) is 18.4 Å². The number of rotatable bonds is 5. The predicted molar refractivity (Wildman–Crippen MR) is 75.5 cm³/mol. The molecule has 0 aliphatic rings. The van der Waals surface area contributed by atoms with E-state index >= 15 is 0 Å². The Kier molecular flexibility index (Phi) is 4.15. The van der Waals surface area contributed by atoms with Crippen LogP contribution < -0.4 is 0 Å². The molecule has 1 heterocycles. The highest BCUT2D eigenvalue weighted by Gasteiger charge is 2.26. The molecule has 7 heteroatoms. The monoisotopic (exact) mass is 309 g/mol. The van der Waals surface area contributed by atoms with Gasteiger partial charge in [-0.1, -0.05) is 12.1 Å². The number of sulfonamides is 1. The van der Waals surface area contributed by atoms with Crippen LogP contribution in [0.15, 0.2) is 45.7 Å². The molecule has 0 fully saturated rings. The second-order valence-electron chi connectivity index (χ2n) is 4.57. The van der Waals surface area contributed by atoms with Crippen molar-refractivity contribution in [3.63, 3.8) is 0 Å². The summed E-state index contributed by atoms with van der Waals surface area (Å²) in [4.78, 5) is 10.9. The molecule has 6 nitrogen and oxygen atoms in total. The Bertz CT molecular complexity index is 763. The summed E-state index contributed by atoms with van der Waals surface area (Å²) < 4.78 is 31.4. The van der Waals surface area contributed by atoms with E-state index in [0.717, 1.165) is 4.31 Å². The molecule has 0 amide bonds. The van der Waals surface area contributed by atoms with Crippen molar-refractivity contribution in [1.29, 1.82) is 0 Å². The van der Waals surface area contributed by atoms with Gasteiger partial charge in [-0.25, -0.2) is 13.2 Å². The highest BCUT2D eigenvalue weighted by molar-refractivity contribution is 7.89. The fourth-order valence-electron chi connectivity index (χ4n) is 1.91. The zero-order chi connectivity index (χ0) is 15.6. The van der Waals surface area contributed by atoms with Crippen molar-refractivity contribution in [2.75, 3.05) is 7.05 Å². The Morgan fingerprint density at radius 3 is 2.48 bits per heavy atom. The minimum Gasteiger partial charge on any atom is -0.478 e. The lowest BCUT2D eigenvalue weighted by molar-refractivity contribution is 0.0692. The van der Waals surface area contributed by atoms with Crippen LogP contribution in [0.1, 0.15) is 21.9 Å². The van der Waals surface area contributed by atoms with Crippen molar-refractivity contribution in [3.05, 3.63) is 53.5 Å². The number of carboxylic acids is 1. The molecule has 0 saturated carbocycles. The number of furan rings is 1. The van der Waals surface area contributed by atoms with Gasteiger partial charge in [-0.15, -0.1) is 0 Å². The van der Waals surface area contributed by atoms with Crippen molar-refractivity contribution in [3.8, 4) is 0 Å². The van der Waals surface area contributed by atoms with Gasteiger partial charge in [0.25, 0.3) is 0 Å². The Morgan fingerprint density at radius 1 is 1.24 bits per heavy atom. The van der Waals surface area contributed by atoms with Gasteiger partial charge in [0.15, 0.2) is 0 Å². The minimum atomic E-state index is -3.91. The molecule has 0 aliphatic carbocycles. The maximum absolute atomic E-state index is 12.5. The number of hydrogen-bond acceptors (Lipinski definition) is 4. The van der Waals surface area contributed by atoms with Crippen molar-refractivity contribution in [1.82, 2.24) is 4.31 Å². The van der Waals surface area contributed by atoms with Crippen LogP contribution in [0.2, 0.25) is 0 Å². The molecule has 0 spiro atoms. The topological polar surface area (TPSA) is 87.8 Å². The quantitative estimate of drug-likeness (QED) is 0.914. The molecule has 112 valence electrons. The van der Waals surface area contributed by atoms with Crippen LogP contribution >= 0.6 is 0 Å². The van der Waals surface area contributed by atoms with Crippen molar-refractivity contribution >= 4 is 16.0 Å². The Labute approximate surface area is 122 Å². The standard InChI is InChI=1S/C14H15NO5S/c1-10-7-8-11(20-10)9-15(2)21(18,19)13-6-4-3-5-12(13)14(16)17/h3-8H,9H2,1-2H3,(H,16,17). The highest BCUT2D eigenvalue weighted by Crippen LogP contribution is 2.21. The summed E-state index contributed by atoms with van der Waals surface area (Å²) >= 11 is 0. The Hall–Kier alpha value is -2.12. The predicted octanol–water partition coefficient (Wildman–Crippen LogP) is 2.11. The zero-order valence-electron chi connectivity index (χ0n) is 11.6. The summed E-state index contributed by atoms with van der Waals surface area (Å²) in [5.41, 5.74) is -0.250. The van der Waals surface area contributed by atoms with Gasteiger partial charge in [-0.2, -0.15) is 4.31 Å². The first-order valence-corrected chi connectivity index (χ1v) is 7.60. The van der Waals surface area contributed by atoms with Crippen LogP contribution in [0.25, 0.3) is 0 Å². The van der Waals surface area contributed by atoms with Gasteiger partial charge in [0.1, 0.15) is 11.5 Å². The molecule has 1 aromatic heterocycles. The van der Waals surface area contributed by atoms with Gasteiger partial charge >= 0.3 is 5.97 Å². The lowest BCUT2D eigenvalue weighted by Crippen LogP contribution is -2.27. The molecule has 2 aromatic rings. The van der Waals surface area contributed by atoms with Crippen molar-refractivity contribution < 1.29 is 22.7 Å². The first-order chi connectivity index (χ1) is 9.82. The molecular formula is C14H15NO5S. The van der Waals surface area contributed by atoms with E-state index in [0.29, 0.717) is 11.5 Å². The maximum atomic E-state index is 12.5. The molecule has 21 heavy (non-hydrogen) atoms. The molecule has 0 unspecified atom stereocenters. The summed E-state index contributed by atoms with van der Waals surface area (Å²) in [6.45, 7) is 1.79. The minimum absolute atomic E-state index is 0.0319. The van der Waals surface area contributed by atoms with Gasteiger partial charge in [0, 0.05) is 7.05 Å². The number of carboxylic acid groups (broad SMARTS) is 1. The van der Waals surface area contributed by atoms with E-state index in [2.05, 4.69) is 0 Å². The second kappa shape index (κ2) is 5.71. The van der Waals surface area contributed by atoms with Gasteiger partial charge in [0.05, 0.1) is 17.0 Å². The normalized spacial score (nSPS) is 11.8. The van der Waals surface area contributed by atoms with E-state index in [4.69, 9.17) is 9.52 Å². The van der Waals surface area contributed by atoms with Crippen LogP contribution in [0, 0.1) is 6.92 Å². The van der Waals surface area contributed by atoms with Gasteiger partial charge < -0.3 is 9.52 Å². The Balaban J connectivity index is 2.35. The van der Waals surface area contributed by atoms with Gasteiger partial charge in [-0.05, 0) is 31.2 Å². The third-order valence-corrected chi connectivity index (χ3v) is 4.84. The fourth-order valence-corrected chi connectivity index (χ4v) is 3.23. The molecule has 2 rings (SSSR count). The summed E-state index contributed by atoms with van der Waals surface area (Å²) in [6, 6.07) is 8.94. The van der Waals surface area contributed by atoms with Crippen LogP contribution in [0.4, 0.5) is 0 Å². The van der Waals surface area contributed by atoms with Gasteiger partial charge in [-0.3, -0.25) is 0 Å². The van der Waals surface area contributed by atoms with E-state index in [1.54, 1.807) is 19.1 Å². The molecule has 0 atom stereocenters. The molecule has 1 N–H and O–H groups in total. The average Bonchev–Trinajstić information content (AvgIpc) is 2.84. The highest BCUT2D eigenvalue weighted by atomic mass is 32.2. The fraction of sp³-hybridized carbons (Fsp3) is 0.214. The first kappa shape index (κ1) is 15.3. The van der Waals surface area contributed by atoms with E-state index in [1.165, 1.54) is 31.3 Å². The molecule has 0 saturated heterocycles. The van der Waals surface area contributed by atoms with E-state index in [-0.39, 0.29) is 17.0 Å². The molecule has 0 aliphatic heterocycles. The van der Waals surface area contributed by atoms with Gasteiger partial charge in [0.2, 0.25) is 10.0 Å². The second-order valence-corrected chi connectivity index (χ2v) is 6.59. The van der Waals surface area contributed by atoms with Crippen LogP contribution in [-0.4, -0.2) is 30.8 Å². The third-order valence-electron chi connectivity index (χ3n) is 2.98. The number of aryl methyl sites for hydroxylation is 1. The third kappa shape index (κ3) is 3.14. The SMILES string of the molecule is Cc1ccc(CN(C)S(=O)(=O)c2ccccc2C(=O)O)o1. The summed E-state index contributed by atoms with van der Waals surface area (Å²) in [7, 11) is -2.53. The number of aromatic carboxylic acids is 1. The number of nitrogens with zero attached hydrogens (tertiary/aromatic N) is 1. The molecule has 0 radical (unpaired) electrons. The average molecular weight is 309 g/mol. The number of carbonyl (C=O) groups is 1. The maximum Gasteiger partial charge on any atom is 0.337 e. The van der Waals surface area contributed by atoms with Crippen LogP contribution in [-0.2, 0) is 16.6 Å². The van der Waals surface area contributed by atoms with E-state index < -0.39 is 16.0 Å². The molecule has 0 bridgehead atoms.